The summed E-state index contributed by atoms with van der Waals surface area (Å²) >= 11 is 0. The average molecular weight is 431 g/mol. The van der Waals surface area contributed by atoms with Gasteiger partial charge in [-0.25, -0.2) is 8.42 Å². The first-order valence-electron chi connectivity index (χ1n) is 10.2. The number of nitrogens with zero attached hydrogens (tertiary/aromatic N) is 1. The molecule has 1 heterocycles. The molecular formula is C23H30N2O4S. The van der Waals surface area contributed by atoms with E-state index in [0.717, 1.165) is 5.56 Å². The van der Waals surface area contributed by atoms with Crippen molar-refractivity contribution >= 4 is 15.9 Å². The van der Waals surface area contributed by atoms with E-state index in [1.54, 1.807) is 30.3 Å². The number of methoxy groups -OCH3 is 1. The van der Waals surface area contributed by atoms with Gasteiger partial charge in [-0.05, 0) is 48.1 Å². The number of sulfonamides is 1. The molecule has 1 aliphatic heterocycles. The van der Waals surface area contributed by atoms with Crippen molar-refractivity contribution in [3.8, 4) is 5.75 Å². The van der Waals surface area contributed by atoms with Crippen LogP contribution in [0, 0.1) is 0 Å². The van der Waals surface area contributed by atoms with Crippen molar-refractivity contribution in [1.82, 2.24) is 9.62 Å². The van der Waals surface area contributed by atoms with E-state index in [1.165, 1.54) is 11.4 Å². The fourth-order valence-corrected chi connectivity index (χ4v) is 5.08. The summed E-state index contributed by atoms with van der Waals surface area (Å²) < 4.78 is 32.8. The molecule has 30 heavy (non-hydrogen) atoms. The Morgan fingerprint density at radius 2 is 1.63 bits per heavy atom. The molecule has 3 rings (SSSR count). The molecule has 2 aromatic rings. The third-order valence-electron chi connectivity index (χ3n) is 5.50. The Bertz CT molecular complexity index is 987. The highest BCUT2D eigenvalue weighted by molar-refractivity contribution is 7.89. The van der Waals surface area contributed by atoms with Crippen molar-refractivity contribution in [1.29, 1.82) is 0 Å². The highest BCUT2D eigenvalue weighted by Gasteiger charge is 2.30. The lowest BCUT2D eigenvalue weighted by atomic mass is 9.87. The maximum absolute atomic E-state index is 13.0. The molecule has 0 radical (unpaired) electrons. The molecule has 0 unspecified atom stereocenters. The van der Waals surface area contributed by atoms with E-state index < -0.39 is 10.0 Å². The Morgan fingerprint density at radius 1 is 1.03 bits per heavy atom. The lowest BCUT2D eigenvalue weighted by molar-refractivity contribution is 0.0921. The molecule has 1 aliphatic rings. The number of nitrogens with one attached hydrogen (secondary N) is 1. The minimum atomic E-state index is -3.54. The molecule has 7 heteroatoms. The smallest absolute Gasteiger partial charge is 0.255 e. The van der Waals surface area contributed by atoms with E-state index in [4.69, 9.17) is 4.74 Å². The Kier molecular flexibility index (Phi) is 6.53. The molecule has 0 bridgehead atoms. The van der Waals surface area contributed by atoms with Gasteiger partial charge in [0.25, 0.3) is 5.91 Å². The number of hydrogen-bond donors (Lipinski definition) is 1. The van der Waals surface area contributed by atoms with E-state index in [1.807, 2.05) is 18.2 Å². The number of carbonyl (C=O) groups is 1. The number of ether oxygens (including phenoxy) is 1. The van der Waals surface area contributed by atoms with Crippen molar-refractivity contribution in [3.05, 3.63) is 59.7 Å². The lowest BCUT2D eigenvalue weighted by Crippen LogP contribution is -2.46. The summed E-state index contributed by atoms with van der Waals surface area (Å²) in [5.74, 6) is 0.320. The van der Waals surface area contributed by atoms with Crippen LogP contribution >= 0.6 is 0 Å². The first kappa shape index (κ1) is 22.3. The van der Waals surface area contributed by atoms with Gasteiger partial charge in [0.05, 0.1) is 17.6 Å². The normalized spacial score (nSPS) is 16.3. The van der Waals surface area contributed by atoms with Crippen molar-refractivity contribution in [2.45, 2.75) is 50.0 Å². The first-order chi connectivity index (χ1) is 14.1. The summed E-state index contributed by atoms with van der Waals surface area (Å²) in [4.78, 5) is 12.9. The quantitative estimate of drug-likeness (QED) is 0.787. The molecule has 1 amide bonds. The maximum Gasteiger partial charge on any atom is 0.255 e. The molecule has 0 aromatic heterocycles. The van der Waals surface area contributed by atoms with Crippen LogP contribution in [0.5, 0.6) is 5.75 Å². The summed E-state index contributed by atoms with van der Waals surface area (Å²) in [5, 5.41) is 3.01. The molecule has 162 valence electrons. The first-order valence-corrected chi connectivity index (χ1v) is 11.6. The Morgan fingerprint density at radius 3 is 2.20 bits per heavy atom. The Hall–Kier alpha value is -2.38. The van der Waals surface area contributed by atoms with Crippen LogP contribution in [0.25, 0.3) is 0 Å². The topological polar surface area (TPSA) is 75.7 Å². The van der Waals surface area contributed by atoms with Crippen LogP contribution in [0.1, 0.15) is 49.5 Å². The molecule has 6 nitrogen and oxygen atoms in total. The van der Waals surface area contributed by atoms with Crippen LogP contribution in [0.4, 0.5) is 0 Å². The van der Waals surface area contributed by atoms with Crippen LogP contribution in [-0.2, 0) is 15.4 Å². The second-order valence-electron chi connectivity index (χ2n) is 8.63. The number of piperidine rings is 1. The van der Waals surface area contributed by atoms with Gasteiger partial charge in [-0.2, -0.15) is 4.31 Å². The standard InChI is InChI=1S/C23H30N2O4S/c1-23(2,3)17-9-11-19(12-10-17)30(27,28)25-15-13-18(14-16-25)24-22(26)20-7-5-6-8-21(20)29-4/h5-12,18H,13-16H2,1-4H3,(H,24,26). The Labute approximate surface area is 179 Å². The van der Waals surface area contributed by atoms with E-state index in [-0.39, 0.29) is 17.4 Å². The fraction of sp³-hybridized carbons (Fsp3) is 0.435. The van der Waals surface area contributed by atoms with Crippen molar-refractivity contribution < 1.29 is 17.9 Å². The second-order valence-corrected chi connectivity index (χ2v) is 10.6. The maximum atomic E-state index is 13.0. The van der Waals surface area contributed by atoms with Gasteiger partial charge in [-0.15, -0.1) is 0 Å². The van der Waals surface area contributed by atoms with Crippen molar-refractivity contribution in [2.24, 2.45) is 0 Å². The summed E-state index contributed by atoms with van der Waals surface area (Å²) in [6.45, 7) is 7.04. The van der Waals surface area contributed by atoms with Gasteiger partial charge in [0.2, 0.25) is 10.0 Å². The van der Waals surface area contributed by atoms with Gasteiger partial charge in [-0.3, -0.25) is 4.79 Å². The number of para-hydroxylation sites is 1. The van der Waals surface area contributed by atoms with Crippen LogP contribution in [0.3, 0.4) is 0 Å². The largest absolute Gasteiger partial charge is 0.496 e. The Balaban J connectivity index is 1.62. The van der Waals surface area contributed by atoms with E-state index in [9.17, 15) is 13.2 Å². The number of carbonyl (C=O) groups excluding carboxylic acids is 1. The van der Waals surface area contributed by atoms with Crippen molar-refractivity contribution in [3.63, 3.8) is 0 Å². The van der Waals surface area contributed by atoms with Crippen LogP contribution in [-0.4, -0.2) is 44.9 Å². The summed E-state index contributed by atoms with van der Waals surface area (Å²) in [5.41, 5.74) is 1.55. The fourth-order valence-electron chi connectivity index (χ4n) is 3.61. The zero-order valence-corrected chi connectivity index (χ0v) is 18.8. The van der Waals surface area contributed by atoms with Crippen LogP contribution < -0.4 is 10.1 Å². The third-order valence-corrected chi connectivity index (χ3v) is 7.41. The minimum Gasteiger partial charge on any atom is -0.496 e. The molecule has 1 fully saturated rings. The van der Waals surface area contributed by atoms with E-state index in [2.05, 4.69) is 26.1 Å². The molecular weight excluding hydrogens is 400 g/mol. The highest BCUT2D eigenvalue weighted by Crippen LogP contribution is 2.26. The molecule has 2 aromatic carbocycles. The molecule has 0 atom stereocenters. The third kappa shape index (κ3) is 4.84. The number of benzene rings is 2. The van der Waals surface area contributed by atoms with Crippen LogP contribution in [0.15, 0.2) is 53.4 Å². The number of amides is 1. The molecule has 0 saturated carbocycles. The zero-order valence-electron chi connectivity index (χ0n) is 18.0. The predicted octanol–water partition coefficient (Wildman–Crippen LogP) is 3.58. The summed E-state index contributed by atoms with van der Waals surface area (Å²) in [7, 11) is -2.01. The zero-order chi connectivity index (χ0) is 21.9. The minimum absolute atomic E-state index is 0.0275. The second kappa shape index (κ2) is 8.78. The molecule has 1 saturated heterocycles. The van der Waals surface area contributed by atoms with Gasteiger partial charge in [0.1, 0.15) is 5.75 Å². The van der Waals surface area contributed by atoms with Gasteiger partial charge >= 0.3 is 0 Å². The predicted molar refractivity (Wildman–Crippen MR) is 117 cm³/mol. The number of rotatable bonds is 5. The van der Waals surface area contributed by atoms with Crippen molar-refractivity contribution in [2.75, 3.05) is 20.2 Å². The molecule has 0 aliphatic carbocycles. The van der Waals surface area contributed by atoms with Gasteiger partial charge in [0.15, 0.2) is 0 Å². The average Bonchev–Trinajstić information content (AvgIpc) is 2.73. The highest BCUT2D eigenvalue weighted by atomic mass is 32.2. The van der Waals surface area contributed by atoms with Gasteiger partial charge < -0.3 is 10.1 Å². The lowest BCUT2D eigenvalue weighted by Gasteiger charge is -2.32. The van der Waals surface area contributed by atoms with E-state index >= 15 is 0 Å². The monoisotopic (exact) mass is 430 g/mol. The van der Waals surface area contributed by atoms with Crippen LogP contribution in [0.2, 0.25) is 0 Å². The number of hydrogen-bond acceptors (Lipinski definition) is 4. The molecule has 1 N–H and O–H groups in total. The summed E-state index contributed by atoms with van der Waals surface area (Å²) in [6, 6.07) is 14.1. The SMILES string of the molecule is COc1ccccc1C(=O)NC1CCN(S(=O)(=O)c2ccc(C(C)(C)C)cc2)CC1. The van der Waals surface area contributed by atoms with Gasteiger partial charge in [0, 0.05) is 19.1 Å². The molecule has 0 spiro atoms. The van der Waals surface area contributed by atoms with E-state index in [0.29, 0.717) is 42.1 Å². The summed E-state index contributed by atoms with van der Waals surface area (Å²) in [6.07, 6.45) is 1.14. The van der Waals surface area contributed by atoms with Gasteiger partial charge in [-0.1, -0.05) is 45.0 Å².